The molecule has 2 atom stereocenters. The fourth-order valence-electron chi connectivity index (χ4n) is 2.90. The summed E-state index contributed by atoms with van der Waals surface area (Å²) in [6.45, 7) is 7.86. The second kappa shape index (κ2) is 6.81. The summed E-state index contributed by atoms with van der Waals surface area (Å²) >= 11 is 1.67. The number of aryl methyl sites for hydroxylation is 2. The monoisotopic (exact) mass is 329 g/mol. The third-order valence-electron chi connectivity index (χ3n) is 4.31. The summed E-state index contributed by atoms with van der Waals surface area (Å²) in [6.07, 6.45) is 0.925. The van der Waals surface area contributed by atoms with Gasteiger partial charge in [-0.3, -0.25) is 4.79 Å². The van der Waals surface area contributed by atoms with Gasteiger partial charge in [0.1, 0.15) is 5.01 Å². The molecule has 0 spiro atoms. The second-order valence-corrected chi connectivity index (χ2v) is 7.29. The molecule has 4 nitrogen and oxygen atoms in total. The SMILES string of the molecule is Cc1ccc(-c2nc(C)c(C(C)NC(=O)C3CCNC3)s2)cc1. The number of hydrogen-bond donors (Lipinski definition) is 2. The maximum Gasteiger partial charge on any atom is 0.224 e. The van der Waals surface area contributed by atoms with Gasteiger partial charge in [0.2, 0.25) is 5.91 Å². The minimum absolute atomic E-state index is 0.000187. The number of carbonyl (C=O) groups is 1. The number of thiazole rings is 1. The van der Waals surface area contributed by atoms with E-state index in [1.54, 1.807) is 11.3 Å². The van der Waals surface area contributed by atoms with Crippen LogP contribution in [0.3, 0.4) is 0 Å². The molecule has 1 fully saturated rings. The van der Waals surface area contributed by atoms with Gasteiger partial charge in [-0.15, -0.1) is 11.3 Å². The number of hydrogen-bond acceptors (Lipinski definition) is 4. The molecule has 2 heterocycles. The minimum Gasteiger partial charge on any atom is -0.348 e. The molecule has 0 radical (unpaired) electrons. The number of benzene rings is 1. The highest BCUT2D eigenvalue weighted by Crippen LogP contribution is 2.32. The Morgan fingerprint density at radius 2 is 2.09 bits per heavy atom. The molecule has 5 heteroatoms. The van der Waals surface area contributed by atoms with Crippen LogP contribution in [-0.4, -0.2) is 24.0 Å². The molecular formula is C18H23N3OS. The average Bonchev–Trinajstić information content (AvgIpc) is 3.17. The van der Waals surface area contributed by atoms with Gasteiger partial charge in [0, 0.05) is 12.1 Å². The summed E-state index contributed by atoms with van der Waals surface area (Å²) in [5.41, 5.74) is 3.38. The van der Waals surface area contributed by atoms with E-state index in [9.17, 15) is 4.79 Å². The van der Waals surface area contributed by atoms with Crippen molar-refractivity contribution in [3.8, 4) is 10.6 Å². The molecule has 1 amide bonds. The molecule has 23 heavy (non-hydrogen) atoms. The first-order valence-electron chi connectivity index (χ1n) is 8.10. The highest BCUT2D eigenvalue weighted by Gasteiger charge is 2.25. The van der Waals surface area contributed by atoms with E-state index in [1.165, 1.54) is 5.56 Å². The Kier molecular flexibility index (Phi) is 4.78. The van der Waals surface area contributed by atoms with Gasteiger partial charge in [0.05, 0.1) is 22.5 Å². The third-order valence-corrected chi connectivity index (χ3v) is 5.70. The van der Waals surface area contributed by atoms with Crippen LogP contribution in [0.2, 0.25) is 0 Å². The molecule has 0 saturated carbocycles. The van der Waals surface area contributed by atoms with Crippen LogP contribution < -0.4 is 10.6 Å². The van der Waals surface area contributed by atoms with Gasteiger partial charge in [0.25, 0.3) is 0 Å². The lowest BCUT2D eigenvalue weighted by molar-refractivity contribution is -0.125. The first-order valence-corrected chi connectivity index (χ1v) is 8.91. The van der Waals surface area contributed by atoms with Gasteiger partial charge >= 0.3 is 0 Å². The molecule has 2 unspecified atom stereocenters. The molecule has 2 aromatic rings. The van der Waals surface area contributed by atoms with Crippen molar-refractivity contribution in [2.24, 2.45) is 5.92 Å². The Bertz CT molecular complexity index is 687. The standard InChI is InChI=1S/C18H23N3OS/c1-11-4-6-14(7-5-11)18-21-13(3)16(23-18)12(2)20-17(22)15-8-9-19-10-15/h4-7,12,15,19H,8-10H2,1-3H3,(H,20,22). The molecule has 1 saturated heterocycles. The molecule has 1 aliphatic heterocycles. The zero-order valence-electron chi connectivity index (χ0n) is 13.8. The summed E-state index contributed by atoms with van der Waals surface area (Å²) in [4.78, 5) is 18.1. The van der Waals surface area contributed by atoms with Crippen LogP contribution in [0.15, 0.2) is 24.3 Å². The molecule has 1 aromatic carbocycles. The average molecular weight is 329 g/mol. The van der Waals surface area contributed by atoms with Crippen molar-refractivity contribution in [1.29, 1.82) is 0 Å². The van der Waals surface area contributed by atoms with Crippen LogP contribution in [0.25, 0.3) is 10.6 Å². The van der Waals surface area contributed by atoms with E-state index < -0.39 is 0 Å². The van der Waals surface area contributed by atoms with Gasteiger partial charge in [-0.2, -0.15) is 0 Å². The van der Waals surface area contributed by atoms with Gasteiger partial charge in [-0.1, -0.05) is 29.8 Å². The highest BCUT2D eigenvalue weighted by atomic mass is 32.1. The van der Waals surface area contributed by atoms with E-state index in [-0.39, 0.29) is 17.9 Å². The zero-order chi connectivity index (χ0) is 16.4. The Morgan fingerprint density at radius 1 is 1.35 bits per heavy atom. The predicted molar refractivity (Wildman–Crippen MR) is 94.6 cm³/mol. The number of amides is 1. The van der Waals surface area contributed by atoms with Gasteiger partial charge in [0.15, 0.2) is 0 Å². The van der Waals surface area contributed by atoms with Crippen LogP contribution in [0.1, 0.15) is 35.5 Å². The van der Waals surface area contributed by atoms with Gasteiger partial charge in [-0.25, -0.2) is 4.98 Å². The van der Waals surface area contributed by atoms with Crippen LogP contribution in [-0.2, 0) is 4.79 Å². The number of aromatic nitrogens is 1. The Labute approximate surface area is 141 Å². The number of nitrogens with one attached hydrogen (secondary N) is 2. The van der Waals surface area contributed by atoms with Crippen molar-refractivity contribution < 1.29 is 4.79 Å². The smallest absolute Gasteiger partial charge is 0.224 e. The summed E-state index contributed by atoms with van der Waals surface area (Å²) in [5.74, 6) is 0.245. The van der Waals surface area contributed by atoms with Gasteiger partial charge < -0.3 is 10.6 Å². The lowest BCUT2D eigenvalue weighted by atomic mass is 10.1. The second-order valence-electron chi connectivity index (χ2n) is 6.25. The lowest BCUT2D eigenvalue weighted by Gasteiger charge is -2.15. The van der Waals surface area contributed by atoms with E-state index in [2.05, 4.69) is 41.8 Å². The van der Waals surface area contributed by atoms with Crippen molar-refractivity contribution in [3.05, 3.63) is 40.4 Å². The minimum atomic E-state index is -0.000187. The van der Waals surface area contributed by atoms with Crippen LogP contribution in [0.4, 0.5) is 0 Å². The number of carbonyl (C=O) groups excluding carboxylic acids is 1. The van der Waals surface area contributed by atoms with Crippen LogP contribution in [0, 0.1) is 19.8 Å². The highest BCUT2D eigenvalue weighted by molar-refractivity contribution is 7.15. The summed E-state index contributed by atoms with van der Waals surface area (Å²) < 4.78 is 0. The topological polar surface area (TPSA) is 54.0 Å². The maximum absolute atomic E-state index is 12.3. The Balaban J connectivity index is 1.74. The van der Waals surface area contributed by atoms with Crippen molar-refractivity contribution >= 4 is 17.2 Å². The largest absolute Gasteiger partial charge is 0.348 e. The van der Waals surface area contributed by atoms with Crippen molar-refractivity contribution in [2.45, 2.75) is 33.2 Å². The third kappa shape index (κ3) is 3.62. The first-order chi connectivity index (χ1) is 11.0. The number of nitrogens with zero attached hydrogens (tertiary/aromatic N) is 1. The fraction of sp³-hybridized carbons (Fsp3) is 0.444. The first kappa shape index (κ1) is 16.1. The quantitative estimate of drug-likeness (QED) is 0.905. The molecule has 122 valence electrons. The van der Waals surface area contributed by atoms with Crippen LogP contribution >= 0.6 is 11.3 Å². The molecule has 0 aliphatic carbocycles. The molecule has 2 N–H and O–H groups in total. The normalized spacial score (nSPS) is 18.8. The van der Waals surface area contributed by atoms with E-state index in [0.29, 0.717) is 0 Å². The molecule has 1 aromatic heterocycles. The lowest BCUT2D eigenvalue weighted by Crippen LogP contribution is -2.33. The van der Waals surface area contributed by atoms with E-state index >= 15 is 0 Å². The zero-order valence-corrected chi connectivity index (χ0v) is 14.7. The van der Waals surface area contributed by atoms with E-state index in [0.717, 1.165) is 40.7 Å². The van der Waals surface area contributed by atoms with Gasteiger partial charge in [-0.05, 0) is 33.7 Å². The molecular weight excluding hydrogens is 306 g/mol. The predicted octanol–water partition coefficient (Wildman–Crippen LogP) is 3.21. The molecule has 1 aliphatic rings. The Morgan fingerprint density at radius 3 is 2.74 bits per heavy atom. The van der Waals surface area contributed by atoms with Crippen molar-refractivity contribution in [1.82, 2.24) is 15.6 Å². The summed E-state index contributed by atoms with van der Waals surface area (Å²) in [6, 6.07) is 8.41. The van der Waals surface area contributed by atoms with Crippen molar-refractivity contribution in [3.63, 3.8) is 0 Å². The van der Waals surface area contributed by atoms with E-state index in [1.807, 2.05) is 13.8 Å². The van der Waals surface area contributed by atoms with Crippen LogP contribution in [0.5, 0.6) is 0 Å². The van der Waals surface area contributed by atoms with Crippen molar-refractivity contribution in [2.75, 3.05) is 13.1 Å². The molecule has 0 bridgehead atoms. The van der Waals surface area contributed by atoms with E-state index in [4.69, 9.17) is 4.98 Å². The summed E-state index contributed by atoms with van der Waals surface area (Å²) in [5, 5.41) is 7.40. The Hall–Kier alpha value is -1.72. The molecule has 3 rings (SSSR count). The number of rotatable bonds is 4. The fourth-order valence-corrected chi connectivity index (χ4v) is 3.98. The maximum atomic E-state index is 12.3. The summed E-state index contributed by atoms with van der Waals surface area (Å²) in [7, 11) is 0.